The lowest BCUT2D eigenvalue weighted by atomic mass is 10.1. The number of para-hydroxylation sites is 1. The molecule has 2 aromatic carbocycles. The highest BCUT2D eigenvalue weighted by atomic mass is 35.5. The minimum Gasteiger partial charge on any atom is -0.338 e. The summed E-state index contributed by atoms with van der Waals surface area (Å²) in [6, 6.07) is 20.2. The zero-order chi connectivity index (χ0) is 15.4. The molecule has 3 rings (SSSR count). The first-order valence-electron chi connectivity index (χ1n) is 6.98. The number of carbonyl (C=O) groups is 1. The van der Waals surface area contributed by atoms with Crippen LogP contribution in [-0.2, 0) is 4.79 Å². The van der Waals surface area contributed by atoms with Crippen LogP contribution in [-0.4, -0.2) is 10.5 Å². The number of aromatic nitrogens is 1. The highest BCUT2D eigenvalue weighted by Gasteiger charge is 2.22. The summed E-state index contributed by atoms with van der Waals surface area (Å²) >= 11 is 6.12. The zero-order valence-corrected chi connectivity index (χ0v) is 12.6. The smallest absolute Gasteiger partial charge is 0.252 e. The van der Waals surface area contributed by atoms with Crippen LogP contribution in [0.1, 0.15) is 11.6 Å². The van der Waals surface area contributed by atoms with Gasteiger partial charge in [-0.25, -0.2) is 0 Å². The third kappa shape index (κ3) is 3.05. The van der Waals surface area contributed by atoms with E-state index in [2.05, 4.69) is 5.32 Å². The molecule has 3 nitrogen and oxygen atoms in total. The molecule has 0 aliphatic carbocycles. The van der Waals surface area contributed by atoms with Crippen molar-refractivity contribution in [3.8, 4) is 0 Å². The fraction of sp³-hybridized carbons (Fsp3) is 0.0556. The third-order valence-corrected chi connectivity index (χ3v) is 3.75. The van der Waals surface area contributed by atoms with Crippen LogP contribution in [0, 0.1) is 0 Å². The van der Waals surface area contributed by atoms with E-state index in [1.807, 2.05) is 71.6 Å². The lowest BCUT2D eigenvalue weighted by molar-refractivity contribution is -0.118. The monoisotopic (exact) mass is 310 g/mol. The normalized spacial score (nSPS) is 11.9. The molecule has 22 heavy (non-hydrogen) atoms. The fourth-order valence-electron chi connectivity index (χ4n) is 2.38. The molecule has 0 aliphatic heterocycles. The van der Waals surface area contributed by atoms with Crippen molar-refractivity contribution in [3.63, 3.8) is 0 Å². The first kappa shape index (κ1) is 14.4. The summed E-state index contributed by atoms with van der Waals surface area (Å²) in [5, 5.41) is 3.43. The van der Waals surface area contributed by atoms with E-state index in [4.69, 9.17) is 11.6 Å². The summed E-state index contributed by atoms with van der Waals surface area (Å²) in [6.45, 7) is 0. The Hall–Kier alpha value is -2.52. The molecule has 1 N–H and O–H groups in total. The summed E-state index contributed by atoms with van der Waals surface area (Å²) in [5.41, 5.74) is 1.53. The fourth-order valence-corrected chi connectivity index (χ4v) is 2.56. The number of carbonyl (C=O) groups excluding carboxylic acids is 1. The molecular formula is C18H15ClN2O. The van der Waals surface area contributed by atoms with Gasteiger partial charge in [-0.15, -0.1) is 0 Å². The van der Waals surface area contributed by atoms with E-state index in [0.29, 0.717) is 10.7 Å². The van der Waals surface area contributed by atoms with Gasteiger partial charge in [-0.1, -0.05) is 54.1 Å². The number of hydrogen-bond donors (Lipinski definition) is 1. The quantitative estimate of drug-likeness (QED) is 0.763. The molecule has 1 amide bonds. The number of anilines is 1. The lowest BCUT2D eigenvalue weighted by Crippen LogP contribution is -2.26. The van der Waals surface area contributed by atoms with Gasteiger partial charge >= 0.3 is 0 Å². The standard InChI is InChI=1S/C18H15ClN2O/c19-15-10-4-5-11-16(15)20-18(22)17(21-12-6-7-13-21)14-8-2-1-3-9-14/h1-13,17H,(H,20,22)/t17-/m0/s1. The van der Waals surface area contributed by atoms with Gasteiger partial charge in [0.1, 0.15) is 6.04 Å². The molecular weight excluding hydrogens is 296 g/mol. The Bertz CT molecular complexity index is 754. The number of benzene rings is 2. The van der Waals surface area contributed by atoms with E-state index >= 15 is 0 Å². The molecule has 0 aliphatic rings. The van der Waals surface area contributed by atoms with Gasteiger partial charge in [0.05, 0.1) is 10.7 Å². The SMILES string of the molecule is O=C(Nc1ccccc1Cl)[C@H](c1ccccc1)n1cccc1. The Morgan fingerprint density at radius 1 is 0.909 bits per heavy atom. The van der Waals surface area contributed by atoms with Gasteiger partial charge in [0, 0.05) is 12.4 Å². The van der Waals surface area contributed by atoms with Crippen LogP contribution >= 0.6 is 11.6 Å². The van der Waals surface area contributed by atoms with Gasteiger partial charge < -0.3 is 9.88 Å². The second-order valence-corrected chi connectivity index (χ2v) is 5.32. The van der Waals surface area contributed by atoms with Crippen LogP contribution in [0.3, 0.4) is 0 Å². The van der Waals surface area contributed by atoms with Gasteiger partial charge in [0.2, 0.25) is 0 Å². The van der Waals surface area contributed by atoms with Crippen LogP contribution in [0.2, 0.25) is 5.02 Å². The molecule has 0 saturated carbocycles. The van der Waals surface area contributed by atoms with Crippen LogP contribution in [0.15, 0.2) is 79.1 Å². The predicted octanol–water partition coefficient (Wildman–Crippen LogP) is 4.37. The first-order valence-corrected chi connectivity index (χ1v) is 7.36. The summed E-state index contributed by atoms with van der Waals surface area (Å²) in [6.07, 6.45) is 3.76. The topological polar surface area (TPSA) is 34.0 Å². The molecule has 0 saturated heterocycles. The molecule has 0 unspecified atom stereocenters. The van der Waals surface area contributed by atoms with Crippen molar-refractivity contribution < 1.29 is 4.79 Å². The summed E-state index contributed by atoms with van der Waals surface area (Å²) in [5.74, 6) is -0.129. The van der Waals surface area contributed by atoms with Crippen LogP contribution < -0.4 is 5.32 Å². The van der Waals surface area contributed by atoms with Crippen molar-refractivity contribution in [2.75, 3.05) is 5.32 Å². The van der Waals surface area contributed by atoms with Gasteiger partial charge in [0.25, 0.3) is 5.91 Å². The van der Waals surface area contributed by atoms with Crippen molar-refractivity contribution in [1.29, 1.82) is 0 Å². The van der Waals surface area contributed by atoms with E-state index in [9.17, 15) is 4.79 Å². The van der Waals surface area contributed by atoms with E-state index in [-0.39, 0.29) is 5.91 Å². The molecule has 1 atom stereocenters. The van der Waals surface area contributed by atoms with E-state index < -0.39 is 6.04 Å². The van der Waals surface area contributed by atoms with E-state index in [1.165, 1.54) is 0 Å². The van der Waals surface area contributed by atoms with Gasteiger partial charge in [-0.05, 0) is 29.8 Å². The second-order valence-electron chi connectivity index (χ2n) is 4.91. The van der Waals surface area contributed by atoms with E-state index in [1.54, 1.807) is 12.1 Å². The molecule has 0 fully saturated rings. The number of nitrogens with zero attached hydrogens (tertiary/aromatic N) is 1. The van der Waals surface area contributed by atoms with E-state index in [0.717, 1.165) is 5.56 Å². The number of rotatable bonds is 4. The van der Waals surface area contributed by atoms with Crippen molar-refractivity contribution >= 4 is 23.2 Å². The highest BCUT2D eigenvalue weighted by Crippen LogP contribution is 2.24. The average molecular weight is 311 g/mol. The zero-order valence-electron chi connectivity index (χ0n) is 11.8. The van der Waals surface area contributed by atoms with Crippen LogP contribution in [0.5, 0.6) is 0 Å². The van der Waals surface area contributed by atoms with Crippen molar-refractivity contribution in [2.24, 2.45) is 0 Å². The van der Waals surface area contributed by atoms with Crippen molar-refractivity contribution in [3.05, 3.63) is 89.7 Å². The molecule has 1 aromatic heterocycles. The minimum atomic E-state index is -0.438. The summed E-state index contributed by atoms with van der Waals surface area (Å²) < 4.78 is 1.88. The number of amides is 1. The maximum absolute atomic E-state index is 12.8. The molecule has 1 heterocycles. The average Bonchev–Trinajstić information content (AvgIpc) is 3.05. The molecule has 0 radical (unpaired) electrons. The number of nitrogens with one attached hydrogen (secondary N) is 1. The first-order chi connectivity index (χ1) is 10.8. The Kier molecular flexibility index (Phi) is 4.26. The third-order valence-electron chi connectivity index (χ3n) is 3.42. The predicted molar refractivity (Wildman–Crippen MR) is 89.1 cm³/mol. The minimum absolute atomic E-state index is 0.129. The van der Waals surface area contributed by atoms with Crippen molar-refractivity contribution in [1.82, 2.24) is 4.57 Å². The Morgan fingerprint density at radius 2 is 1.55 bits per heavy atom. The van der Waals surface area contributed by atoms with Crippen LogP contribution in [0.25, 0.3) is 0 Å². The number of hydrogen-bond acceptors (Lipinski definition) is 1. The summed E-state index contributed by atoms with van der Waals surface area (Å²) in [4.78, 5) is 12.8. The Morgan fingerprint density at radius 3 is 2.23 bits per heavy atom. The molecule has 0 spiro atoms. The molecule has 110 valence electrons. The lowest BCUT2D eigenvalue weighted by Gasteiger charge is -2.19. The summed E-state index contributed by atoms with van der Waals surface area (Å²) in [7, 11) is 0. The number of halogens is 1. The Labute approximate surface area is 134 Å². The van der Waals surface area contributed by atoms with Crippen molar-refractivity contribution in [2.45, 2.75) is 6.04 Å². The largest absolute Gasteiger partial charge is 0.338 e. The van der Waals surface area contributed by atoms with Gasteiger partial charge in [0.15, 0.2) is 0 Å². The van der Waals surface area contributed by atoms with Gasteiger partial charge in [-0.3, -0.25) is 4.79 Å². The van der Waals surface area contributed by atoms with Crippen LogP contribution in [0.4, 0.5) is 5.69 Å². The van der Waals surface area contributed by atoms with Gasteiger partial charge in [-0.2, -0.15) is 0 Å². The molecule has 0 bridgehead atoms. The maximum Gasteiger partial charge on any atom is 0.252 e. The maximum atomic E-state index is 12.8. The molecule has 4 heteroatoms. The Balaban J connectivity index is 1.93. The second kappa shape index (κ2) is 6.50. The highest BCUT2D eigenvalue weighted by molar-refractivity contribution is 6.33. The molecule has 3 aromatic rings.